The minimum Gasteiger partial charge on any atom is -0.368 e. The van der Waals surface area contributed by atoms with E-state index in [4.69, 9.17) is 5.73 Å². The molecule has 0 bridgehead atoms. The van der Waals surface area contributed by atoms with E-state index >= 15 is 0 Å². The second-order valence-electron chi connectivity index (χ2n) is 18.0. The van der Waals surface area contributed by atoms with Gasteiger partial charge < -0.3 is 27.0 Å². The van der Waals surface area contributed by atoms with Crippen molar-refractivity contribution in [2.75, 3.05) is 27.0 Å². The molecule has 40 heteroatoms. The number of hydrogen-bond donors (Lipinski definition) is 11. The summed E-state index contributed by atoms with van der Waals surface area (Å²) in [5.74, 6) is -1.56. The predicted octanol–water partition coefficient (Wildman–Crippen LogP) is 9.07. The third kappa shape index (κ3) is 14.6. The Morgan fingerprint density at radius 2 is 0.978 bits per heavy atom. The molecule has 89 heavy (non-hydrogen) atoms. The topological polar surface area (TPSA) is 549 Å². The molecule has 0 saturated heterocycles. The fraction of sp³-hybridized carbons (Fsp3) is 0.0204. The number of nitrogen functional groups attached to an aromatic ring is 1. The summed E-state index contributed by atoms with van der Waals surface area (Å²) in [4.78, 5) is 12.3. The zero-order valence-corrected chi connectivity index (χ0v) is 49.8. The Balaban J connectivity index is 1.15. The van der Waals surface area contributed by atoms with Gasteiger partial charge in [-0.15, -0.1) is 20.5 Å². The van der Waals surface area contributed by atoms with Crippen LogP contribution in [0.15, 0.2) is 171 Å². The molecule has 0 aliphatic heterocycles. The summed E-state index contributed by atoms with van der Waals surface area (Å²) in [5.41, 5.74) is 5.57. The molecule has 0 unspecified atom stereocenters. The van der Waals surface area contributed by atoms with Gasteiger partial charge in [0, 0.05) is 33.6 Å². The van der Waals surface area contributed by atoms with E-state index in [-0.39, 0.29) is 94.6 Å². The van der Waals surface area contributed by atoms with Gasteiger partial charge in [-0.3, -0.25) is 27.3 Å². The first-order chi connectivity index (χ1) is 41.6. The molecule has 0 radical (unpaired) electrons. The number of fused-ring (bicyclic) bond motifs is 1. The lowest BCUT2D eigenvalue weighted by Crippen LogP contribution is -2.10. The van der Waals surface area contributed by atoms with Gasteiger partial charge in [-0.25, -0.2) is 4.98 Å². The number of nitrogens with two attached hydrogens (primary N) is 1. The van der Waals surface area contributed by atoms with E-state index in [1.165, 1.54) is 67.6 Å². The van der Waals surface area contributed by atoms with Crippen molar-refractivity contribution in [1.29, 1.82) is 10.5 Å². The third-order valence-electron chi connectivity index (χ3n) is 12.1. The number of nitrogens with zero attached hydrogens (tertiary/aromatic N) is 10. The van der Waals surface area contributed by atoms with Crippen molar-refractivity contribution in [3.8, 4) is 23.3 Å². The third-order valence-corrected chi connectivity index (χ3v) is 18.3. The number of nitrogens with one attached hydrogen (secondary N) is 4. The highest BCUT2D eigenvalue weighted by Gasteiger charge is 2.26. The van der Waals surface area contributed by atoms with Crippen molar-refractivity contribution >= 4 is 156 Å². The number of azo groups is 2. The molecule has 0 amide bonds. The number of anilines is 9. The average molecular weight is 1350 g/mol. The second kappa shape index (κ2) is 24.0. The number of hydrogen-bond acceptors (Lipinski definition) is 28. The van der Waals surface area contributed by atoms with Crippen LogP contribution in [-0.2, 0) is 60.7 Å². The SMILES string of the molecule is Cc1c(C#N)c(Nc2ccc(S(=O)(=O)O)cc2)nc(Nc2ccc(S(=O)(=O)O)cc2)c1N=Nc1sc(/N=N/c2ccc3cc(S(=O)(=O)O)cc(S(=O)(=O)O)c3c2)c(-c2ccc(Nc3nc(N)nc(Nc4cc(S(=O)(=O)O)ccc4S(=O)(=O)O)n3)cc2)c1C#N. The van der Waals surface area contributed by atoms with Crippen LogP contribution in [0.1, 0.15) is 16.7 Å². The fourth-order valence-corrected chi connectivity index (χ4v) is 12.5. The van der Waals surface area contributed by atoms with E-state index in [9.17, 15) is 88.3 Å². The van der Waals surface area contributed by atoms with Gasteiger partial charge in [0.25, 0.3) is 60.7 Å². The lowest BCUT2D eigenvalue weighted by molar-refractivity contribution is 0.478. The Bertz CT molecular complexity index is 5300. The summed E-state index contributed by atoms with van der Waals surface area (Å²) in [7, 11) is -29.3. The maximum Gasteiger partial charge on any atom is 0.296 e. The molecule has 12 N–H and O–H groups in total. The summed E-state index contributed by atoms with van der Waals surface area (Å²) in [5, 5.41) is 49.4. The molecule has 0 fully saturated rings. The minimum absolute atomic E-state index is 0.0287. The number of benzene rings is 6. The van der Waals surface area contributed by atoms with Crippen molar-refractivity contribution in [1.82, 2.24) is 19.9 Å². The van der Waals surface area contributed by atoms with Gasteiger partial charge in [0.15, 0.2) is 16.6 Å². The molecule has 6 aromatic carbocycles. The summed E-state index contributed by atoms with van der Waals surface area (Å²) in [6.45, 7) is 1.45. The predicted molar refractivity (Wildman–Crippen MR) is 316 cm³/mol. The van der Waals surface area contributed by atoms with Gasteiger partial charge in [0.05, 0.1) is 36.5 Å². The second-order valence-corrected chi connectivity index (χ2v) is 27.5. The van der Waals surface area contributed by atoms with Crippen LogP contribution in [0.25, 0.3) is 21.9 Å². The molecule has 0 aliphatic carbocycles. The van der Waals surface area contributed by atoms with Crippen LogP contribution >= 0.6 is 11.3 Å². The van der Waals surface area contributed by atoms with Gasteiger partial charge >= 0.3 is 0 Å². The first-order valence-electron chi connectivity index (χ1n) is 23.9. The first kappa shape index (κ1) is 63.6. The smallest absolute Gasteiger partial charge is 0.296 e. The highest BCUT2D eigenvalue weighted by molar-refractivity contribution is 7.87. The highest BCUT2D eigenvalue weighted by atomic mass is 32.2. The normalized spacial score (nSPS) is 12.5. The monoisotopic (exact) mass is 1350 g/mol. The van der Waals surface area contributed by atoms with Crippen LogP contribution in [0, 0.1) is 29.6 Å². The van der Waals surface area contributed by atoms with E-state index in [2.05, 4.69) is 67.7 Å². The van der Waals surface area contributed by atoms with Gasteiger partial charge in [0.1, 0.15) is 38.2 Å². The van der Waals surface area contributed by atoms with E-state index in [0.717, 1.165) is 36.4 Å². The van der Waals surface area contributed by atoms with Crippen LogP contribution in [0.5, 0.6) is 0 Å². The Kier molecular flexibility index (Phi) is 17.1. The zero-order chi connectivity index (χ0) is 64.8. The Labute approximate surface area is 506 Å². The number of pyridine rings is 1. The summed E-state index contributed by atoms with van der Waals surface area (Å²) < 4.78 is 203. The molecular formula is C49H35N15O18S7. The van der Waals surface area contributed by atoms with E-state index in [1.807, 2.05) is 6.07 Å². The Morgan fingerprint density at radius 1 is 0.472 bits per heavy atom. The highest BCUT2D eigenvalue weighted by Crippen LogP contribution is 2.49. The zero-order valence-electron chi connectivity index (χ0n) is 44.0. The Hall–Kier alpha value is -9.92. The number of rotatable bonds is 19. The van der Waals surface area contributed by atoms with Crippen molar-refractivity contribution in [2.24, 2.45) is 20.5 Å². The quantitative estimate of drug-likeness (QED) is 0.0265. The van der Waals surface area contributed by atoms with Crippen LogP contribution in [0.2, 0.25) is 0 Å². The molecular weight excluding hydrogens is 1310 g/mol. The van der Waals surface area contributed by atoms with Crippen LogP contribution in [-0.4, -0.2) is 97.8 Å². The molecule has 33 nitrogen and oxygen atoms in total. The van der Waals surface area contributed by atoms with Crippen molar-refractivity contribution < 1.29 is 77.8 Å². The standard InChI is InChI=1S/C49H35N15O18S7/c1-24-36(22-50)43(53-27-8-12-31(13-9-27)84(65,66)67)57-44(54-28-10-14-32(15-11-28)85(68,69)70)42(24)62-63-45-37(23-51)41(46(83-45)64-61-30-7-4-26-18-34(87(74,75)76)21-40(35(26)19-30)89(80,81)82)25-2-5-29(6-3-25)55-48-58-47(52)59-49(60-48)56-38-20-33(86(71,72)73)16-17-39(38)88(77,78)79/h2-21H,1H3,(H2,53,54,57)(H,65,66,67)(H,68,69,70)(H,71,72,73)(H,74,75,76)(H,77,78,79)(H,80,81,82)(H4,52,55,56,58,59,60)/b63-62?,64-61+. The van der Waals surface area contributed by atoms with Crippen LogP contribution in [0.4, 0.5) is 73.6 Å². The summed E-state index contributed by atoms with van der Waals surface area (Å²) >= 11 is 0.715. The molecule has 0 spiro atoms. The van der Waals surface area contributed by atoms with Crippen molar-refractivity contribution in [3.63, 3.8) is 0 Å². The largest absolute Gasteiger partial charge is 0.368 e. The van der Waals surface area contributed by atoms with Crippen molar-refractivity contribution in [2.45, 2.75) is 36.3 Å². The van der Waals surface area contributed by atoms with Gasteiger partial charge in [0.2, 0.25) is 17.8 Å². The van der Waals surface area contributed by atoms with Crippen molar-refractivity contribution in [3.05, 3.63) is 138 Å². The molecule has 456 valence electrons. The number of thiophene rings is 1. The maximum atomic E-state index is 12.5. The van der Waals surface area contributed by atoms with E-state index in [1.54, 1.807) is 0 Å². The van der Waals surface area contributed by atoms with Crippen LogP contribution < -0.4 is 27.0 Å². The fourth-order valence-electron chi connectivity index (χ4n) is 8.12. The molecule has 0 aliphatic rings. The molecule has 3 aromatic heterocycles. The van der Waals surface area contributed by atoms with Crippen LogP contribution in [0.3, 0.4) is 0 Å². The molecule has 9 aromatic rings. The number of aromatic nitrogens is 4. The van der Waals surface area contributed by atoms with Gasteiger partial charge in [-0.1, -0.05) is 29.5 Å². The van der Waals surface area contributed by atoms with E-state index in [0.29, 0.717) is 35.6 Å². The van der Waals surface area contributed by atoms with Gasteiger partial charge in [-0.2, -0.15) is 76.0 Å². The van der Waals surface area contributed by atoms with Gasteiger partial charge in [-0.05, 0) is 121 Å². The lowest BCUT2D eigenvalue weighted by atomic mass is 10.0. The molecule has 3 heterocycles. The average Bonchev–Trinajstić information content (AvgIpc) is 2.09. The molecule has 0 saturated carbocycles. The Morgan fingerprint density at radius 3 is 1.52 bits per heavy atom. The first-order valence-corrected chi connectivity index (χ1v) is 33.3. The molecule has 9 rings (SSSR count). The molecule has 0 atom stereocenters. The lowest BCUT2D eigenvalue weighted by Gasteiger charge is -2.16. The summed E-state index contributed by atoms with van der Waals surface area (Å²) in [6.07, 6.45) is 0. The minimum atomic E-state index is -5.16. The maximum absolute atomic E-state index is 12.5. The summed E-state index contributed by atoms with van der Waals surface area (Å²) in [6, 6.07) is 26.3. The van der Waals surface area contributed by atoms with E-state index < -0.39 is 108 Å². The number of nitriles is 2.